The van der Waals surface area contributed by atoms with Crippen LogP contribution in [0.3, 0.4) is 0 Å². The van der Waals surface area contributed by atoms with Crippen molar-refractivity contribution >= 4 is 50.6 Å². The van der Waals surface area contributed by atoms with Gasteiger partial charge in [-0.15, -0.1) is 17.9 Å². The third kappa shape index (κ3) is 4.29. The van der Waals surface area contributed by atoms with E-state index in [1.807, 2.05) is 13.0 Å². The van der Waals surface area contributed by atoms with Crippen molar-refractivity contribution in [2.24, 2.45) is 0 Å². The maximum Gasteiger partial charge on any atom is 0.269 e. The number of thiophene rings is 1. The van der Waals surface area contributed by atoms with Gasteiger partial charge in [0.05, 0.1) is 16.1 Å². The van der Waals surface area contributed by atoms with E-state index in [0.717, 1.165) is 16.6 Å². The Morgan fingerprint density at radius 2 is 2.14 bits per heavy atom. The van der Waals surface area contributed by atoms with Crippen LogP contribution in [-0.4, -0.2) is 26.1 Å². The molecule has 0 saturated carbocycles. The van der Waals surface area contributed by atoms with E-state index in [0.29, 0.717) is 27.6 Å². The van der Waals surface area contributed by atoms with Crippen molar-refractivity contribution in [3.05, 3.63) is 68.3 Å². The highest BCUT2D eigenvalue weighted by molar-refractivity contribution is 7.99. The summed E-state index contributed by atoms with van der Waals surface area (Å²) in [5.41, 5.74) is 0.245. The molecular weight excluding hydrogens is 400 g/mol. The SMILES string of the molecule is C=CCn1c(SCC(=O)Nc2ccc([N+](=O)[O-])cc2)nc2sc(C)cc2c1=O. The minimum absolute atomic E-state index is 0.0381. The van der Waals surface area contributed by atoms with Gasteiger partial charge >= 0.3 is 0 Å². The predicted octanol–water partition coefficient (Wildman–Crippen LogP) is 3.59. The zero-order valence-corrected chi connectivity index (χ0v) is 16.5. The van der Waals surface area contributed by atoms with E-state index in [1.54, 1.807) is 6.08 Å². The van der Waals surface area contributed by atoms with Gasteiger partial charge in [-0.3, -0.25) is 24.3 Å². The molecule has 2 aromatic heterocycles. The molecule has 0 unspecified atom stereocenters. The molecule has 1 aromatic carbocycles. The van der Waals surface area contributed by atoms with Gasteiger partial charge < -0.3 is 5.32 Å². The lowest BCUT2D eigenvalue weighted by Gasteiger charge is -2.10. The van der Waals surface area contributed by atoms with Gasteiger partial charge in [0.15, 0.2) is 5.16 Å². The van der Waals surface area contributed by atoms with Crippen LogP contribution in [0.15, 0.2) is 52.9 Å². The van der Waals surface area contributed by atoms with Gasteiger partial charge in [-0.2, -0.15) is 0 Å². The first-order valence-electron chi connectivity index (χ1n) is 8.18. The number of nitrogens with one attached hydrogen (secondary N) is 1. The smallest absolute Gasteiger partial charge is 0.269 e. The first kappa shape index (κ1) is 19.8. The third-order valence-corrected chi connectivity index (χ3v) is 5.67. The fourth-order valence-electron chi connectivity index (χ4n) is 2.51. The number of allylic oxidation sites excluding steroid dienone is 1. The van der Waals surface area contributed by atoms with Crippen molar-refractivity contribution in [2.45, 2.75) is 18.6 Å². The number of aryl methyl sites for hydroxylation is 1. The predicted molar refractivity (Wildman–Crippen MR) is 111 cm³/mol. The van der Waals surface area contributed by atoms with Crippen LogP contribution in [0.5, 0.6) is 0 Å². The second-order valence-electron chi connectivity index (χ2n) is 5.82. The van der Waals surface area contributed by atoms with Crippen molar-refractivity contribution in [3.63, 3.8) is 0 Å². The van der Waals surface area contributed by atoms with Gasteiger partial charge in [0.2, 0.25) is 5.91 Å². The van der Waals surface area contributed by atoms with E-state index in [9.17, 15) is 19.7 Å². The standard InChI is InChI=1S/C18H16N4O4S2/c1-3-8-21-17(24)14-9-11(2)28-16(14)20-18(21)27-10-15(23)19-12-4-6-13(7-5-12)22(25)26/h3-7,9H,1,8,10H2,2H3,(H,19,23). The number of non-ortho nitro benzene ring substituents is 1. The van der Waals surface area contributed by atoms with Crippen molar-refractivity contribution in [1.82, 2.24) is 9.55 Å². The number of anilines is 1. The second kappa shape index (κ2) is 8.36. The van der Waals surface area contributed by atoms with Crippen LogP contribution >= 0.6 is 23.1 Å². The fourth-order valence-corrected chi connectivity index (χ4v) is 4.24. The molecule has 2 heterocycles. The molecule has 28 heavy (non-hydrogen) atoms. The number of carbonyl (C=O) groups excluding carboxylic acids is 1. The summed E-state index contributed by atoms with van der Waals surface area (Å²) in [5, 5.41) is 14.3. The summed E-state index contributed by atoms with van der Waals surface area (Å²) in [6.07, 6.45) is 1.61. The molecule has 0 fully saturated rings. The minimum atomic E-state index is -0.506. The van der Waals surface area contributed by atoms with Crippen molar-refractivity contribution in [3.8, 4) is 0 Å². The van der Waals surface area contributed by atoms with Crippen molar-refractivity contribution in [2.75, 3.05) is 11.1 Å². The molecule has 0 aliphatic carbocycles. The van der Waals surface area contributed by atoms with E-state index in [2.05, 4.69) is 16.9 Å². The normalized spacial score (nSPS) is 10.8. The lowest BCUT2D eigenvalue weighted by Crippen LogP contribution is -2.23. The molecule has 3 aromatic rings. The van der Waals surface area contributed by atoms with Crippen LogP contribution in [0.2, 0.25) is 0 Å². The summed E-state index contributed by atoms with van der Waals surface area (Å²) in [4.78, 5) is 41.2. The molecule has 0 spiro atoms. The number of nitrogens with zero attached hydrogens (tertiary/aromatic N) is 3. The molecule has 0 saturated heterocycles. The number of rotatable bonds is 7. The summed E-state index contributed by atoms with van der Waals surface area (Å²) in [7, 11) is 0. The molecular formula is C18H16N4O4S2. The van der Waals surface area contributed by atoms with E-state index in [1.165, 1.54) is 40.2 Å². The summed E-state index contributed by atoms with van der Waals surface area (Å²) in [6.45, 7) is 5.88. The number of hydrogen-bond donors (Lipinski definition) is 1. The number of fused-ring (bicyclic) bond motifs is 1. The Balaban J connectivity index is 1.75. The van der Waals surface area contributed by atoms with Gasteiger partial charge in [0.1, 0.15) is 4.83 Å². The highest BCUT2D eigenvalue weighted by atomic mass is 32.2. The third-order valence-electron chi connectivity index (χ3n) is 3.75. The summed E-state index contributed by atoms with van der Waals surface area (Å²) < 4.78 is 1.49. The average Bonchev–Trinajstić information content (AvgIpc) is 3.04. The zero-order chi connectivity index (χ0) is 20.3. The van der Waals surface area contributed by atoms with Crippen LogP contribution < -0.4 is 10.9 Å². The molecule has 1 amide bonds. The van der Waals surface area contributed by atoms with E-state index >= 15 is 0 Å². The quantitative estimate of drug-likeness (QED) is 0.207. The summed E-state index contributed by atoms with van der Waals surface area (Å²) >= 11 is 2.58. The van der Waals surface area contributed by atoms with Gasteiger partial charge in [-0.25, -0.2) is 4.98 Å². The van der Waals surface area contributed by atoms with Crippen LogP contribution in [-0.2, 0) is 11.3 Å². The number of benzene rings is 1. The zero-order valence-electron chi connectivity index (χ0n) is 14.9. The number of nitro groups is 1. The highest BCUT2D eigenvalue weighted by Crippen LogP contribution is 2.24. The Kier molecular flexibility index (Phi) is 5.90. The van der Waals surface area contributed by atoms with E-state index in [-0.39, 0.29) is 22.9 Å². The van der Waals surface area contributed by atoms with Gasteiger partial charge in [-0.1, -0.05) is 17.8 Å². The first-order valence-corrected chi connectivity index (χ1v) is 9.98. The molecule has 0 aliphatic rings. The lowest BCUT2D eigenvalue weighted by atomic mass is 10.3. The molecule has 0 bridgehead atoms. The summed E-state index contributed by atoms with van der Waals surface area (Å²) in [5.74, 6) is -0.267. The van der Waals surface area contributed by atoms with Gasteiger partial charge in [0, 0.05) is 29.2 Å². The number of carbonyl (C=O) groups is 1. The molecule has 144 valence electrons. The topological polar surface area (TPSA) is 107 Å². The molecule has 1 N–H and O–H groups in total. The molecule has 3 rings (SSSR count). The van der Waals surface area contributed by atoms with Crippen LogP contribution in [0.1, 0.15) is 4.88 Å². The molecule has 0 radical (unpaired) electrons. The van der Waals surface area contributed by atoms with Gasteiger partial charge in [-0.05, 0) is 25.1 Å². The highest BCUT2D eigenvalue weighted by Gasteiger charge is 2.15. The Bertz CT molecular complexity index is 1120. The number of thioether (sulfide) groups is 1. The Hall–Kier alpha value is -2.98. The number of amides is 1. The number of aromatic nitrogens is 2. The molecule has 0 atom stereocenters. The maximum atomic E-state index is 12.7. The van der Waals surface area contributed by atoms with Crippen molar-refractivity contribution < 1.29 is 9.72 Å². The second-order valence-corrected chi connectivity index (χ2v) is 7.99. The summed E-state index contributed by atoms with van der Waals surface area (Å²) in [6, 6.07) is 7.38. The number of nitro benzene ring substituents is 1. The van der Waals surface area contributed by atoms with E-state index < -0.39 is 4.92 Å². The molecule has 10 heteroatoms. The Morgan fingerprint density at radius 3 is 2.79 bits per heavy atom. The van der Waals surface area contributed by atoms with Crippen LogP contribution in [0.4, 0.5) is 11.4 Å². The average molecular weight is 416 g/mol. The van der Waals surface area contributed by atoms with E-state index in [4.69, 9.17) is 0 Å². The lowest BCUT2D eigenvalue weighted by molar-refractivity contribution is -0.384. The van der Waals surface area contributed by atoms with Crippen LogP contribution in [0.25, 0.3) is 10.2 Å². The Morgan fingerprint density at radius 1 is 1.43 bits per heavy atom. The Labute approximate surface area is 168 Å². The fraction of sp³-hybridized carbons (Fsp3) is 0.167. The van der Waals surface area contributed by atoms with Crippen LogP contribution in [0, 0.1) is 17.0 Å². The monoisotopic (exact) mass is 416 g/mol. The first-order chi connectivity index (χ1) is 13.4. The molecule has 8 nitrogen and oxygen atoms in total. The van der Waals surface area contributed by atoms with Crippen molar-refractivity contribution in [1.29, 1.82) is 0 Å². The largest absolute Gasteiger partial charge is 0.325 e. The molecule has 0 aliphatic heterocycles. The number of hydrogen-bond acceptors (Lipinski definition) is 7. The minimum Gasteiger partial charge on any atom is -0.325 e. The van der Waals surface area contributed by atoms with Gasteiger partial charge in [0.25, 0.3) is 11.2 Å². The maximum absolute atomic E-state index is 12.7.